The summed E-state index contributed by atoms with van der Waals surface area (Å²) >= 11 is 1.66. The van der Waals surface area contributed by atoms with E-state index in [2.05, 4.69) is 4.98 Å². The summed E-state index contributed by atoms with van der Waals surface area (Å²) in [6.45, 7) is 4.49. The largest absolute Gasteiger partial charge is 0.375 e. The number of aromatic nitrogens is 1. The predicted octanol–water partition coefficient (Wildman–Crippen LogP) is 1.41. The third-order valence-electron chi connectivity index (χ3n) is 1.73. The highest BCUT2D eigenvalue weighted by Crippen LogP contribution is 2.25. The summed E-state index contributed by atoms with van der Waals surface area (Å²) in [6.07, 6.45) is 0.0104. The predicted molar refractivity (Wildman–Crippen MR) is 50.4 cm³/mol. The average molecular weight is 186 g/mol. The van der Waals surface area contributed by atoms with Gasteiger partial charge in [-0.3, -0.25) is 0 Å². The quantitative estimate of drug-likeness (QED) is 0.776. The summed E-state index contributed by atoms with van der Waals surface area (Å²) in [6, 6.07) is 0. The first-order chi connectivity index (χ1) is 5.69. The van der Waals surface area contributed by atoms with E-state index in [1.165, 1.54) is 0 Å². The van der Waals surface area contributed by atoms with Crippen LogP contribution in [0, 0.1) is 13.8 Å². The second kappa shape index (κ2) is 3.98. The van der Waals surface area contributed by atoms with Gasteiger partial charge in [-0.15, -0.1) is 11.3 Å². The van der Waals surface area contributed by atoms with Gasteiger partial charge in [-0.1, -0.05) is 0 Å². The van der Waals surface area contributed by atoms with Crippen molar-refractivity contribution in [3.05, 3.63) is 15.6 Å². The van der Waals surface area contributed by atoms with E-state index in [1.807, 2.05) is 13.8 Å². The van der Waals surface area contributed by atoms with Crippen molar-refractivity contribution in [1.82, 2.24) is 4.98 Å². The molecule has 2 N–H and O–H groups in total. The molecule has 1 atom stereocenters. The Labute approximate surface area is 76.6 Å². The lowest BCUT2D eigenvalue weighted by Gasteiger charge is -2.10. The molecule has 0 spiro atoms. The Morgan fingerprint density at radius 1 is 1.58 bits per heavy atom. The highest BCUT2D eigenvalue weighted by atomic mass is 32.1. The molecule has 0 bridgehead atoms. The van der Waals surface area contributed by atoms with Crippen molar-refractivity contribution in [2.45, 2.75) is 20.0 Å². The van der Waals surface area contributed by atoms with Gasteiger partial charge >= 0.3 is 0 Å². The second-order valence-corrected chi connectivity index (χ2v) is 3.88. The normalized spacial score (nSPS) is 13.3. The highest BCUT2D eigenvalue weighted by molar-refractivity contribution is 7.11. The van der Waals surface area contributed by atoms with Gasteiger partial charge in [0.15, 0.2) is 0 Å². The lowest BCUT2D eigenvalue weighted by Crippen LogP contribution is -2.13. The van der Waals surface area contributed by atoms with E-state index in [9.17, 15) is 0 Å². The van der Waals surface area contributed by atoms with Gasteiger partial charge in [0.2, 0.25) is 0 Å². The van der Waals surface area contributed by atoms with Crippen LogP contribution in [0.25, 0.3) is 0 Å². The standard InChI is InChI=1S/C8H14N2OS/c1-5-8(7(4-9)11-3)12-6(2)10-5/h7H,4,9H2,1-3H3. The summed E-state index contributed by atoms with van der Waals surface area (Å²) < 4.78 is 5.23. The SMILES string of the molecule is COC(CN)c1sc(C)nc1C. The van der Waals surface area contributed by atoms with Crippen molar-refractivity contribution >= 4 is 11.3 Å². The Hall–Kier alpha value is -0.450. The maximum absolute atomic E-state index is 5.55. The Morgan fingerprint density at radius 2 is 2.25 bits per heavy atom. The fraction of sp³-hybridized carbons (Fsp3) is 0.625. The molecule has 1 aromatic rings. The summed E-state index contributed by atoms with van der Waals surface area (Å²) in [5.41, 5.74) is 6.58. The number of methoxy groups -OCH3 is 1. The molecule has 1 unspecified atom stereocenters. The maximum atomic E-state index is 5.55. The van der Waals surface area contributed by atoms with Crippen LogP contribution < -0.4 is 5.73 Å². The van der Waals surface area contributed by atoms with Gasteiger partial charge < -0.3 is 10.5 Å². The number of hydrogen-bond acceptors (Lipinski definition) is 4. The molecule has 0 aliphatic heterocycles. The van der Waals surface area contributed by atoms with Crippen LogP contribution in [-0.2, 0) is 4.74 Å². The second-order valence-electron chi connectivity index (χ2n) is 2.64. The first-order valence-corrected chi connectivity index (χ1v) is 4.67. The van der Waals surface area contributed by atoms with Crippen molar-refractivity contribution in [1.29, 1.82) is 0 Å². The molecule has 0 fully saturated rings. The number of nitrogens with zero attached hydrogens (tertiary/aromatic N) is 1. The van der Waals surface area contributed by atoms with E-state index >= 15 is 0 Å². The number of rotatable bonds is 3. The van der Waals surface area contributed by atoms with Crippen LogP contribution in [0.15, 0.2) is 0 Å². The summed E-state index contributed by atoms with van der Waals surface area (Å²) in [4.78, 5) is 5.46. The van der Waals surface area contributed by atoms with Gasteiger partial charge in [0.25, 0.3) is 0 Å². The number of nitrogens with two attached hydrogens (primary N) is 1. The van der Waals surface area contributed by atoms with Crippen LogP contribution in [0.4, 0.5) is 0 Å². The van der Waals surface area contributed by atoms with Gasteiger partial charge in [-0.05, 0) is 13.8 Å². The molecule has 0 saturated heterocycles. The summed E-state index contributed by atoms with van der Waals surface area (Å²) in [5, 5.41) is 1.07. The summed E-state index contributed by atoms with van der Waals surface area (Å²) in [7, 11) is 1.67. The van der Waals surface area contributed by atoms with Gasteiger partial charge in [0.1, 0.15) is 6.10 Å². The number of ether oxygens (including phenoxy) is 1. The first-order valence-electron chi connectivity index (χ1n) is 3.85. The molecule has 4 heteroatoms. The zero-order valence-electron chi connectivity index (χ0n) is 7.63. The molecule has 1 aromatic heterocycles. The van der Waals surface area contributed by atoms with E-state index in [0.717, 1.165) is 15.6 Å². The number of hydrogen-bond donors (Lipinski definition) is 1. The molecule has 1 rings (SSSR count). The molecule has 3 nitrogen and oxygen atoms in total. The van der Waals surface area contributed by atoms with Crippen LogP contribution in [0.5, 0.6) is 0 Å². The lowest BCUT2D eigenvalue weighted by molar-refractivity contribution is 0.113. The average Bonchev–Trinajstić information content (AvgIpc) is 2.34. The van der Waals surface area contributed by atoms with Crippen LogP contribution in [0.3, 0.4) is 0 Å². The molecule has 0 aliphatic carbocycles. The van der Waals surface area contributed by atoms with E-state index in [4.69, 9.17) is 10.5 Å². The minimum Gasteiger partial charge on any atom is -0.375 e. The molecule has 68 valence electrons. The lowest BCUT2D eigenvalue weighted by atomic mass is 10.2. The van der Waals surface area contributed by atoms with E-state index in [1.54, 1.807) is 18.4 Å². The molecule has 12 heavy (non-hydrogen) atoms. The minimum absolute atomic E-state index is 0.0104. The molecule has 0 aliphatic rings. The Morgan fingerprint density at radius 3 is 2.58 bits per heavy atom. The molecule has 0 amide bonds. The Bertz CT molecular complexity index is 256. The number of aryl methyl sites for hydroxylation is 2. The maximum Gasteiger partial charge on any atom is 0.105 e. The monoisotopic (exact) mass is 186 g/mol. The van der Waals surface area contributed by atoms with Crippen molar-refractivity contribution in [3.8, 4) is 0 Å². The van der Waals surface area contributed by atoms with Crippen LogP contribution >= 0.6 is 11.3 Å². The van der Waals surface area contributed by atoms with Crippen LogP contribution in [0.1, 0.15) is 21.7 Å². The molecule has 1 heterocycles. The molecule has 0 aromatic carbocycles. The van der Waals surface area contributed by atoms with Gasteiger partial charge in [0, 0.05) is 13.7 Å². The van der Waals surface area contributed by atoms with E-state index < -0.39 is 0 Å². The number of thiazole rings is 1. The topological polar surface area (TPSA) is 48.1 Å². The van der Waals surface area contributed by atoms with Crippen LogP contribution in [0.2, 0.25) is 0 Å². The van der Waals surface area contributed by atoms with Gasteiger partial charge in [0.05, 0.1) is 15.6 Å². The fourth-order valence-corrected chi connectivity index (χ4v) is 2.17. The molecular formula is C8H14N2OS. The van der Waals surface area contributed by atoms with Crippen molar-refractivity contribution in [3.63, 3.8) is 0 Å². The van der Waals surface area contributed by atoms with Crippen LogP contribution in [-0.4, -0.2) is 18.6 Å². The summed E-state index contributed by atoms with van der Waals surface area (Å²) in [5.74, 6) is 0. The van der Waals surface area contributed by atoms with Crippen molar-refractivity contribution in [2.24, 2.45) is 5.73 Å². The van der Waals surface area contributed by atoms with Gasteiger partial charge in [-0.25, -0.2) is 4.98 Å². The zero-order valence-corrected chi connectivity index (χ0v) is 8.44. The van der Waals surface area contributed by atoms with Crippen molar-refractivity contribution < 1.29 is 4.74 Å². The molecular weight excluding hydrogens is 172 g/mol. The Balaban J connectivity index is 2.91. The molecule has 0 saturated carbocycles. The highest BCUT2D eigenvalue weighted by Gasteiger charge is 2.14. The zero-order chi connectivity index (χ0) is 9.14. The third-order valence-corrected chi connectivity index (χ3v) is 2.90. The van der Waals surface area contributed by atoms with Crippen molar-refractivity contribution in [2.75, 3.05) is 13.7 Å². The minimum atomic E-state index is 0.0104. The van der Waals surface area contributed by atoms with Gasteiger partial charge in [-0.2, -0.15) is 0 Å². The molecule has 0 radical (unpaired) electrons. The van der Waals surface area contributed by atoms with E-state index in [0.29, 0.717) is 6.54 Å². The smallest absolute Gasteiger partial charge is 0.105 e. The van der Waals surface area contributed by atoms with E-state index in [-0.39, 0.29) is 6.10 Å². The first kappa shape index (κ1) is 9.64. The fourth-order valence-electron chi connectivity index (χ4n) is 1.16. The Kier molecular flexibility index (Phi) is 3.20. The third kappa shape index (κ3) is 1.83.